The van der Waals surface area contributed by atoms with Crippen LogP contribution in [0, 0.1) is 0 Å². The van der Waals surface area contributed by atoms with E-state index in [1.165, 1.54) is 16.5 Å². The quantitative estimate of drug-likeness (QED) is 0.494. The van der Waals surface area contributed by atoms with Gasteiger partial charge in [0.05, 0.1) is 0 Å². The topological polar surface area (TPSA) is 49.2 Å². The highest BCUT2D eigenvalue weighted by molar-refractivity contribution is 6.31. The number of carbonyl (C=O) groups excluding carboxylic acids is 1. The molecule has 5 heteroatoms. The normalized spacial score (nSPS) is 15.7. The second-order valence-electron chi connectivity index (χ2n) is 7.15. The standard InChI is InChI=1S/C22H19ClN2O2/c23-16-5-6-20-15(11-16)12-21(27-20)22(26)25-9-7-14(8-10-25)18-13-24-19-4-2-1-3-17(18)19/h1-6,11-14,24H,7-10H2. The van der Waals surface area contributed by atoms with Crippen LogP contribution in [0.25, 0.3) is 21.9 Å². The molecule has 0 radical (unpaired) electrons. The zero-order valence-electron chi connectivity index (χ0n) is 14.7. The average Bonchev–Trinajstić information content (AvgIpc) is 3.31. The molecule has 0 atom stereocenters. The number of nitrogens with zero attached hydrogens (tertiary/aromatic N) is 1. The summed E-state index contributed by atoms with van der Waals surface area (Å²) in [6, 6.07) is 15.6. The van der Waals surface area contributed by atoms with Crippen molar-refractivity contribution in [1.82, 2.24) is 9.88 Å². The van der Waals surface area contributed by atoms with Gasteiger partial charge in [-0.25, -0.2) is 0 Å². The highest BCUT2D eigenvalue weighted by Gasteiger charge is 2.27. The van der Waals surface area contributed by atoms with E-state index < -0.39 is 0 Å². The van der Waals surface area contributed by atoms with Crippen molar-refractivity contribution < 1.29 is 9.21 Å². The molecule has 0 aliphatic carbocycles. The first-order valence-electron chi connectivity index (χ1n) is 9.23. The summed E-state index contributed by atoms with van der Waals surface area (Å²) < 4.78 is 5.74. The van der Waals surface area contributed by atoms with Gasteiger partial charge in [0.15, 0.2) is 5.76 Å². The van der Waals surface area contributed by atoms with Crippen LogP contribution < -0.4 is 0 Å². The van der Waals surface area contributed by atoms with Gasteiger partial charge >= 0.3 is 0 Å². The summed E-state index contributed by atoms with van der Waals surface area (Å²) in [5.41, 5.74) is 3.22. The number of benzene rings is 2. The smallest absolute Gasteiger partial charge is 0.289 e. The lowest BCUT2D eigenvalue weighted by Crippen LogP contribution is -2.37. The predicted molar refractivity (Wildman–Crippen MR) is 107 cm³/mol. The van der Waals surface area contributed by atoms with Crippen LogP contribution >= 0.6 is 11.6 Å². The van der Waals surface area contributed by atoms with E-state index >= 15 is 0 Å². The summed E-state index contributed by atoms with van der Waals surface area (Å²) in [6.45, 7) is 1.47. The Kier molecular flexibility index (Phi) is 3.94. The molecule has 1 aliphatic heterocycles. The van der Waals surface area contributed by atoms with Crippen LogP contribution in [0.1, 0.15) is 34.9 Å². The molecule has 136 valence electrons. The van der Waals surface area contributed by atoms with Gasteiger partial charge in [-0.15, -0.1) is 0 Å². The van der Waals surface area contributed by atoms with Crippen molar-refractivity contribution in [3.05, 3.63) is 71.1 Å². The van der Waals surface area contributed by atoms with Crippen molar-refractivity contribution in [2.24, 2.45) is 0 Å². The molecule has 4 nitrogen and oxygen atoms in total. The van der Waals surface area contributed by atoms with Crippen molar-refractivity contribution in [2.75, 3.05) is 13.1 Å². The third-order valence-corrected chi connectivity index (χ3v) is 5.77. The maximum atomic E-state index is 12.9. The molecule has 0 saturated carbocycles. The molecule has 0 bridgehead atoms. The van der Waals surface area contributed by atoms with Crippen molar-refractivity contribution >= 4 is 39.4 Å². The molecule has 0 spiro atoms. The fraction of sp³-hybridized carbons (Fsp3) is 0.227. The number of rotatable bonds is 2. The van der Waals surface area contributed by atoms with Gasteiger partial charge in [-0.3, -0.25) is 4.79 Å². The van der Waals surface area contributed by atoms with Gasteiger partial charge in [-0.1, -0.05) is 29.8 Å². The molecule has 0 unspecified atom stereocenters. The number of hydrogen-bond acceptors (Lipinski definition) is 2. The van der Waals surface area contributed by atoms with Crippen molar-refractivity contribution in [2.45, 2.75) is 18.8 Å². The number of furan rings is 1. The van der Waals surface area contributed by atoms with E-state index in [-0.39, 0.29) is 5.91 Å². The Morgan fingerprint density at radius 1 is 1.11 bits per heavy atom. The van der Waals surface area contributed by atoms with E-state index in [1.54, 1.807) is 18.2 Å². The Hall–Kier alpha value is -2.72. The summed E-state index contributed by atoms with van der Waals surface area (Å²) >= 11 is 6.02. The first-order chi connectivity index (χ1) is 13.2. The van der Waals surface area contributed by atoms with E-state index in [2.05, 4.69) is 29.4 Å². The van der Waals surface area contributed by atoms with Gasteiger partial charge in [-0.05, 0) is 54.7 Å². The molecular formula is C22H19ClN2O2. The third kappa shape index (κ3) is 2.90. The number of hydrogen-bond donors (Lipinski definition) is 1. The number of likely N-dealkylation sites (tertiary alicyclic amines) is 1. The molecule has 5 rings (SSSR count). The highest BCUT2D eigenvalue weighted by Crippen LogP contribution is 2.34. The van der Waals surface area contributed by atoms with Gasteiger partial charge in [-0.2, -0.15) is 0 Å². The lowest BCUT2D eigenvalue weighted by atomic mass is 9.89. The predicted octanol–water partition coefficient (Wildman–Crippen LogP) is 5.59. The minimum atomic E-state index is -0.0419. The Balaban J connectivity index is 1.32. The zero-order valence-corrected chi connectivity index (χ0v) is 15.5. The minimum absolute atomic E-state index is 0.0419. The summed E-state index contributed by atoms with van der Waals surface area (Å²) in [7, 11) is 0. The fourth-order valence-electron chi connectivity index (χ4n) is 4.10. The van der Waals surface area contributed by atoms with E-state index in [4.69, 9.17) is 16.0 Å². The van der Waals surface area contributed by atoms with Crippen molar-refractivity contribution in [1.29, 1.82) is 0 Å². The summed E-state index contributed by atoms with van der Waals surface area (Å²) in [5.74, 6) is 0.817. The molecule has 2 aromatic heterocycles. The molecule has 1 N–H and O–H groups in total. The number of fused-ring (bicyclic) bond motifs is 2. The molecule has 1 aliphatic rings. The van der Waals surface area contributed by atoms with Gasteiger partial charge in [0.25, 0.3) is 5.91 Å². The zero-order chi connectivity index (χ0) is 18.4. The number of aromatic nitrogens is 1. The van der Waals surface area contributed by atoms with Crippen LogP contribution in [0.3, 0.4) is 0 Å². The molecular weight excluding hydrogens is 360 g/mol. The number of aromatic amines is 1. The van der Waals surface area contributed by atoms with Crippen LogP contribution in [0.5, 0.6) is 0 Å². The SMILES string of the molecule is O=C(c1cc2cc(Cl)ccc2o1)N1CCC(c2c[nH]c3ccccc23)CC1. The number of amides is 1. The molecule has 27 heavy (non-hydrogen) atoms. The van der Waals surface area contributed by atoms with Crippen LogP contribution in [-0.2, 0) is 0 Å². The van der Waals surface area contributed by atoms with Crippen molar-refractivity contribution in [3.8, 4) is 0 Å². The maximum Gasteiger partial charge on any atom is 0.289 e. The third-order valence-electron chi connectivity index (χ3n) is 5.53. The number of halogens is 1. The van der Waals surface area contributed by atoms with Crippen LogP contribution in [-0.4, -0.2) is 28.9 Å². The monoisotopic (exact) mass is 378 g/mol. The van der Waals surface area contributed by atoms with E-state index in [9.17, 15) is 4.79 Å². The molecule has 2 aromatic carbocycles. The number of piperidine rings is 1. The van der Waals surface area contributed by atoms with E-state index in [0.717, 1.165) is 31.3 Å². The number of carbonyl (C=O) groups is 1. The van der Waals surface area contributed by atoms with Gasteiger partial charge in [0.2, 0.25) is 0 Å². The lowest BCUT2D eigenvalue weighted by molar-refractivity contribution is 0.0683. The van der Waals surface area contributed by atoms with Crippen molar-refractivity contribution in [3.63, 3.8) is 0 Å². The molecule has 1 fully saturated rings. The second kappa shape index (κ2) is 6.46. The first-order valence-corrected chi connectivity index (χ1v) is 9.61. The number of nitrogens with one attached hydrogen (secondary N) is 1. The van der Waals surface area contributed by atoms with Gasteiger partial charge < -0.3 is 14.3 Å². The average molecular weight is 379 g/mol. The summed E-state index contributed by atoms with van der Waals surface area (Å²) in [6.07, 6.45) is 4.04. The second-order valence-corrected chi connectivity index (χ2v) is 7.59. The number of H-pyrrole nitrogens is 1. The Labute approximate surface area is 161 Å². The number of para-hydroxylation sites is 1. The summed E-state index contributed by atoms with van der Waals surface area (Å²) in [4.78, 5) is 18.1. The maximum absolute atomic E-state index is 12.9. The molecule has 1 amide bonds. The minimum Gasteiger partial charge on any atom is -0.451 e. The molecule has 4 aromatic rings. The van der Waals surface area contributed by atoms with Crippen LogP contribution in [0.15, 0.2) is 59.1 Å². The molecule has 1 saturated heterocycles. The molecule has 3 heterocycles. The van der Waals surface area contributed by atoms with Crippen LogP contribution in [0.2, 0.25) is 5.02 Å². The van der Waals surface area contributed by atoms with E-state index in [0.29, 0.717) is 22.3 Å². The van der Waals surface area contributed by atoms with Gasteiger partial charge in [0.1, 0.15) is 5.58 Å². The Bertz CT molecular complexity index is 1140. The lowest BCUT2D eigenvalue weighted by Gasteiger charge is -2.31. The Morgan fingerprint density at radius 2 is 1.93 bits per heavy atom. The largest absolute Gasteiger partial charge is 0.451 e. The van der Waals surface area contributed by atoms with E-state index in [1.807, 2.05) is 17.0 Å². The van der Waals surface area contributed by atoms with Crippen LogP contribution in [0.4, 0.5) is 0 Å². The van der Waals surface area contributed by atoms with Gasteiger partial charge in [0, 0.05) is 40.6 Å². The summed E-state index contributed by atoms with van der Waals surface area (Å²) in [5, 5.41) is 2.79. The fourth-order valence-corrected chi connectivity index (χ4v) is 4.28. The highest BCUT2D eigenvalue weighted by atomic mass is 35.5. The first kappa shape index (κ1) is 16.5. The Morgan fingerprint density at radius 3 is 2.78 bits per heavy atom.